The summed E-state index contributed by atoms with van der Waals surface area (Å²) in [5.41, 5.74) is 1.70. The molecule has 4 fully saturated rings. The van der Waals surface area contributed by atoms with E-state index in [9.17, 15) is 23.6 Å². The zero-order chi connectivity index (χ0) is 34.2. The standard InChI is InChI=1S/C35H46FN5O6S/c1-22(47-17-23-7-9-25(36)10-8-23)29(33(45)39-11-5-6-24(14-39)16-46-4)38-30(42)27-15-40(32(44)28-13-37-21-48-28)18-35(27)19-41(20-35)31(43)26-12-34(26,2)3/h7-10,13,21-22,24,26-27,29H,5-6,11-12,14-20H2,1-4H3,(H,38,42)/t22-,24+,26-,27+,29+/m1/s1. The molecule has 0 bridgehead atoms. The first-order valence-electron chi connectivity index (χ1n) is 16.8. The van der Waals surface area contributed by atoms with E-state index in [0.29, 0.717) is 44.2 Å². The summed E-state index contributed by atoms with van der Waals surface area (Å²) in [5, 5.41) is 3.06. The molecule has 0 radical (unpaired) electrons. The maximum atomic E-state index is 14.4. The number of carbonyl (C=O) groups is 4. The third-order valence-corrected chi connectivity index (χ3v) is 11.5. The van der Waals surface area contributed by atoms with E-state index >= 15 is 0 Å². The Labute approximate surface area is 285 Å². The maximum absolute atomic E-state index is 14.4. The van der Waals surface area contributed by atoms with Crippen LogP contribution in [0.3, 0.4) is 0 Å². The lowest BCUT2D eigenvalue weighted by molar-refractivity contribution is -0.153. The molecule has 1 spiro atoms. The minimum atomic E-state index is -0.993. The number of hydrogen-bond acceptors (Lipinski definition) is 8. The van der Waals surface area contributed by atoms with Gasteiger partial charge in [-0.25, -0.2) is 4.39 Å². The van der Waals surface area contributed by atoms with Crippen LogP contribution in [0.1, 0.15) is 55.3 Å². The molecule has 0 unspecified atom stereocenters. The topological polar surface area (TPSA) is 121 Å². The highest BCUT2D eigenvalue weighted by molar-refractivity contribution is 7.11. The van der Waals surface area contributed by atoms with Crippen molar-refractivity contribution in [3.05, 3.63) is 52.2 Å². The molecule has 1 N–H and O–H groups in total. The predicted octanol–water partition coefficient (Wildman–Crippen LogP) is 3.20. The van der Waals surface area contributed by atoms with Crippen LogP contribution in [0.25, 0.3) is 0 Å². The van der Waals surface area contributed by atoms with Gasteiger partial charge >= 0.3 is 0 Å². The Hall–Kier alpha value is -3.42. The number of likely N-dealkylation sites (tertiary alicyclic amines) is 3. The van der Waals surface area contributed by atoms with E-state index in [2.05, 4.69) is 24.1 Å². The first kappa shape index (κ1) is 34.4. The van der Waals surface area contributed by atoms with Crippen LogP contribution >= 0.6 is 11.3 Å². The molecule has 4 aliphatic rings. The molecule has 13 heteroatoms. The average molecular weight is 684 g/mol. The van der Waals surface area contributed by atoms with Crippen molar-refractivity contribution >= 4 is 35.0 Å². The van der Waals surface area contributed by atoms with Crippen molar-refractivity contribution in [1.29, 1.82) is 0 Å². The number of methoxy groups -OCH3 is 1. The number of aromatic nitrogens is 1. The first-order valence-corrected chi connectivity index (χ1v) is 17.7. The summed E-state index contributed by atoms with van der Waals surface area (Å²) in [5.74, 6) is -1.48. The molecule has 1 saturated carbocycles. The predicted molar refractivity (Wildman–Crippen MR) is 176 cm³/mol. The largest absolute Gasteiger partial charge is 0.384 e. The lowest BCUT2D eigenvalue weighted by Gasteiger charge is -2.50. The third kappa shape index (κ3) is 7.13. The Morgan fingerprint density at radius 3 is 2.42 bits per heavy atom. The van der Waals surface area contributed by atoms with Gasteiger partial charge < -0.3 is 29.5 Å². The molecule has 260 valence electrons. The van der Waals surface area contributed by atoms with E-state index in [1.807, 2.05) is 4.90 Å². The Kier molecular flexibility index (Phi) is 9.93. The summed E-state index contributed by atoms with van der Waals surface area (Å²) in [6.45, 7) is 8.94. The summed E-state index contributed by atoms with van der Waals surface area (Å²) in [7, 11) is 1.65. The van der Waals surface area contributed by atoms with E-state index in [-0.39, 0.29) is 59.8 Å². The number of nitrogens with one attached hydrogen (secondary N) is 1. The van der Waals surface area contributed by atoms with Crippen molar-refractivity contribution in [3.8, 4) is 0 Å². The van der Waals surface area contributed by atoms with Gasteiger partial charge in [0, 0.05) is 57.7 Å². The van der Waals surface area contributed by atoms with E-state index in [1.165, 1.54) is 29.7 Å². The third-order valence-electron chi connectivity index (χ3n) is 10.7. The van der Waals surface area contributed by atoms with Gasteiger partial charge in [-0.15, -0.1) is 11.3 Å². The van der Waals surface area contributed by atoms with Crippen molar-refractivity contribution in [3.63, 3.8) is 0 Å². The van der Waals surface area contributed by atoms with Crippen LogP contribution in [-0.4, -0.2) is 108 Å². The second kappa shape index (κ2) is 13.8. The molecule has 4 heterocycles. The van der Waals surface area contributed by atoms with Crippen molar-refractivity contribution in [2.45, 2.75) is 58.8 Å². The number of nitrogens with zero attached hydrogens (tertiary/aromatic N) is 4. The molecular formula is C35H46FN5O6S. The summed E-state index contributed by atoms with van der Waals surface area (Å²) >= 11 is 1.25. The molecule has 4 amide bonds. The molecule has 5 atom stereocenters. The molecule has 6 rings (SSSR count). The van der Waals surface area contributed by atoms with Gasteiger partial charge in [-0.1, -0.05) is 26.0 Å². The van der Waals surface area contributed by atoms with Crippen LogP contribution in [0.2, 0.25) is 0 Å². The monoisotopic (exact) mass is 683 g/mol. The van der Waals surface area contributed by atoms with E-state index in [0.717, 1.165) is 24.8 Å². The highest BCUT2D eigenvalue weighted by Crippen LogP contribution is 2.54. The van der Waals surface area contributed by atoms with Crippen LogP contribution in [0, 0.1) is 34.4 Å². The fourth-order valence-corrected chi connectivity index (χ4v) is 8.22. The van der Waals surface area contributed by atoms with Gasteiger partial charge in [0.15, 0.2) is 0 Å². The van der Waals surface area contributed by atoms with E-state index in [1.54, 1.807) is 41.5 Å². The number of rotatable bonds is 11. The molecule has 3 saturated heterocycles. The number of thiazole rings is 1. The van der Waals surface area contributed by atoms with Gasteiger partial charge in [0.2, 0.25) is 17.7 Å². The molecular weight excluding hydrogens is 637 g/mol. The molecule has 2 aromatic rings. The molecule has 1 aromatic carbocycles. The van der Waals surface area contributed by atoms with Crippen molar-refractivity contribution in [2.75, 3.05) is 53.0 Å². The average Bonchev–Trinajstić information content (AvgIpc) is 3.40. The second-order valence-electron chi connectivity index (χ2n) is 14.8. The lowest BCUT2D eigenvalue weighted by Crippen LogP contribution is -2.65. The van der Waals surface area contributed by atoms with Crippen molar-refractivity contribution < 1.29 is 33.0 Å². The molecule has 3 aliphatic heterocycles. The summed E-state index contributed by atoms with van der Waals surface area (Å²) < 4.78 is 25.0. The summed E-state index contributed by atoms with van der Waals surface area (Å²) in [4.78, 5) is 65.1. The zero-order valence-electron chi connectivity index (χ0n) is 28.2. The zero-order valence-corrected chi connectivity index (χ0v) is 29.0. The quantitative estimate of drug-likeness (QED) is 0.386. The van der Waals surface area contributed by atoms with Crippen LogP contribution in [0.4, 0.5) is 4.39 Å². The highest BCUT2D eigenvalue weighted by Gasteiger charge is 2.62. The molecule has 48 heavy (non-hydrogen) atoms. The second-order valence-corrected chi connectivity index (χ2v) is 15.7. The summed E-state index contributed by atoms with van der Waals surface area (Å²) in [6, 6.07) is 4.97. The van der Waals surface area contributed by atoms with Gasteiger partial charge in [-0.2, -0.15) is 0 Å². The van der Waals surface area contributed by atoms with Gasteiger partial charge in [0.25, 0.3) is 5.91 Å². The van der Waals surface area contributed by atoms with E-state index < -0.39 is 23.5 Å². The minimum Gasteiger partial charge on any atom is -0.384 e. The smallest absolute Gasteiger partial charge is 0.265 e. The maximum Gasteiger partial charge on any atom is 0.265 e. The summed E-state index contributed by atoms with van der Waals surface area (Å²) in [6.07, 6.45) is 3.44. The van der Waals surface area contributed by atoms with Crippen LogP contribution < -0.4 is 5.32 Å². The molecule has 1 aromatic heterocycles. The fourth-order valence-electron chi connectivity index (χ4n) is 7.63. The number of hydrogen-bond donors (Lipinski definition) is 1. The van der Waals surface area contributed by atoms with Crippen molar-refractivity contribution in [1.82, 2.24) is 25.0 Å². The Bertz CT molecular complexity index is 1500. The van der Waals surface area contributed by atoms with Crippen LogP contribution in [0.15, 0.2) is 36.0 Å². The number of piperidine rings is 1. The van der Waals surface area contributed by atoms with Gasteiger partial charge in [0.1, 0.15) is 16.7 Å². The van der Waals surface area contributed by atoms with Crippen molar-refractivity contribution in [2.24, 2.45) is 28.6 Å². The van der Waals surface area contributed by atoms with Crippen LogP contribution in [-0.2, 0) is 30.5 Å². The number of halogens is 1. The normalized spacial score (nSPS) is 25.4. The van der Waals surface area contributed by atoms with Gasteiger partial charge in [-0.05, 0) is 55.2 Å². The number of amides is 4. The Morgan fingerprint density at radius 2 is 1.77 bits per heavy atom. The highest BCUT2D eigenvalue weighted by atomic mass is 32.1. The fraction of sp³-hybridized carbons (Fsp3) is 0.629. The van der Waals surface area contributed by atoms with E-state index in [4.69, 9.17) is 9.47 Å². The number of benzene rings is 1. The number of carbonyl (C=O) groups excluding carboxylic acids is 4. The minimum absolute atomic E-state index is 0.0190. The SMILES string of the molecule is COC[C@H]1CCCN(C(=O)[C@@H](NC(=O)[C@@H]2CN(C(=O)c3cncs3)CC23CN(C(=O)[C@H]2CC2(C)C)C3)[C@@H](C)OCc2ccc(F)cc2)C1. The first-order chi connectivity index (χ1) is 22.9. The Morgan fingerprint density at radius 1 is 1.06 bits per heavy atom. The van der Waals surface area contributed by atoms with Gasteiger partial charge in [0.05, 0.1) is 36.9 Å². The molecule has 11 nitrogen and oxygen atoms in total. The Balaban J connectivity index is 1.21. The number of ether oxygens (including phenoxy) is 2. The molecule has 1 aliphatic carbocycles. The van der Waals surface area contributed by atoms with Gasteiger partial charge in [-0.3, -0.25) is 24.2 Å². The van der Waals surface area contributed by atoms with Crippen LogP contribution in [0.5, 0.6) is 0 Å². The lowest BCUT2D eigenvalue weighted by atomic mass is 9.70.